The third-order valence-corrected chi connectivity index (χ3v) is 5.86. The summed E-state index contributed by atoms with van der Waals surface area (Å²) in [5, 5.41) is 39.2. The number of carbonyl (C=O) groups is 5. The van der Waals surface area contributed by atoms with Crippen LogP contribution in [0.3, 0.4) is 0 Å². The van der Waals surface area contributed by atoms with Crippen molar-refractivity contribution in [2.24, 2.45) is 0 Å². The van der Waals surface area contributed by atoms with E-state index in [0.29, 0.717) is 5.56 Å². The van der Waals surface area contributed by atoms with Gasteiger partial charge in [0.2, 0.25) is 17.7 Å². The number of carbonyl (C=O) groups excluding carboxylic acids is 5. The highest BCUT2D eigenvalue weighted by Gasteiger charge is 2.34. The Bertz CT molecular complexity index is 1140. The van der Waals surface area contributed by atoms with E-state index in [4.69, 9.17) is 0 Å². The zero-order valence-corrected chi connectivity index (χ0v) is 22.3. The molecule has 14 heteroatoms. The standard InChI is InChI=1S/C26H35N5O9/c1-14(33)20(30-22(35)17-10-7-11-27-17)25(38)29-19(13-32)24(37)28-18(12-16-8-5-4-6-9-16)23(36)31-21(15(2)34)26(39)40-3/h4-11,14-15,18-21,27,32-34H,12-13H2,1-3H3,(H,28,37)(H,29,38)(H,30,35)(H,31,36). The summed E-state index contributed by atoms with van der Waals surface area (Å²) >= 11 is 0. The minimum absolute atomic E-state index is 0.0410. The number of rotatable bonds is 14. The smallest absolute Gasteiger partial charge is 0.331 e. The predicted octanol–water partition coefficient (Wildman–Crippen LogP) is -2.26. The van der Waals surface area contributed by atoms with Crippen LogP contribution in [0.1, 0.15) is 29.9 Å². The Hall–Kier alpha value is -4.27. The Labute approximate surface area is 230 Å². The van der Waals surface area contributed by atoms with Gasteiger partial charge in [0.1, 0.15) is 23.8 Å². The van der Waals surface area contributed by atoms with Crippen molar-refractivity contribution in [3.8, 4) is 0 Å². The number of amides is 4. The Kier molecular flexibility index (Phi) is 12.3. The molecule has 0 bridgehead atoms. The van der Waals surface area contributed by atoms with Crippen LogP contribution in [0.5, 0.6) is 0 Å². The molecule has 1 aromatic carbocycles. The average Bonchev–Trinajstić information content (AvgIpc) is 3.47. The van der Waals surface area contributed by atoms with Gasteiger partial charge in [0.05, 0.1) is 25.9 Å². The molecular formula is C26H35N5O9. The fraction of sp³-hybridized carbons (Fsp3) is 0.423. The highest BCUT2D eigenvalue weighted by Crippen LogP contribution is 2.06. The Morgan fingerprint density at radius 3 is 1.93 bits per heavy atom. The molecule has 0 saturated heterocycles. The van der Waals surface area contributed by atoms with Gasteiger partial charge in [-0.1, -0.05) is 30.3 Å². The summed E-state index contributed by atoms with van der Waals surface area (Å²) < 4.78 is 4.61. The van der Waals surface area contributed by atoms with Gasteiger partial charge in [0.15, 0.2) is 6.04 Å². The number of aliphatic hydroxyl groups excluding tert-OH is 3. The van der Waals surface area contributed by atoms with Crippen LogP contribution in [0.25, 0.3) is 0 Å². The van der Waals surface area contributed by atoms with Crippen molar-refractivity contribution in [1.29, 1.82) is 0 Å². The first-order valence-corrected chi connectivity index (χ1v) is 12.4. The van der Waals surface area contributed by atoms with Gasteiger partial charge in [-0.25, -0.2) is 4.79 Å². The van der Waals surface area contributed by atoms with Crippen LogP contribution in [0, 0.1) is 0 Å². The van der Waals surface area contributed by atoms with Crippen LogP contribution in [0.15, 0.2) is 48.7 Å². The van der Waals surface area contributed by atoms with Crippen LogP contribution in [-0.4, -0.2) is 100.0 Å². The second-order valence-corrected chi connectivity index (χ2v) is 9.02. The topological polar surface area (TPSA) is 219 Å². The van der Waals surface area contributed by atoms with Crippen molar-refractivity contribution in [3.63, 3.8) is 0 Å². The number of aromatic nitrogens is 1. The number of aliphatic hydroxyl groups is 3. The molecule has 2 aromatic rings. The number of H-pyrrole nitrogens is 1. The first-order valence-electron chi connectivity index (χ1n) is 12.4. The summed E-state index contributed by atoms with van der Waals surface area (Å²) in [6.07, 6.45) is -1.23. The Morgan fingerprint density at radius 1 is 0.800 bits per heavy atom. The molecule has 14 nitrogen and oxygen atoms in total. The van der Waals surface area contributed by atoms with Gasteiger partial charge in [0.25, 0.3) is 5.91 Å². The van der Waals surface area contributed by atoms with E-state index in [1.54, 1.807) is 36.4 Å². The molecule has 6 atom stereocenters. The number of hydrogen-bond donors (Lipinski definition) is 8. The number of esters is 1. The molecule has 0 spiro atoms. The summed E-state index contributed by atoms with van der Waals surface area (Å²) in [4.78, 5) is 66.1. The van der Waals surface area contributed by atoms with Gasteiger partial charge in [-0.05, 0) is 31.5 Å². The normalized spacial score (nSPS) is 15.3. The quantitative estimate of drug-likeness (QED) is 0.116. The lowest BCUT2D eigenvalue weighted by Gasteiger charge is -2.26. The third-order valence-electron chi connectivity index (χ3n) is 5.86. The highest BCUT2D eigenvalue weighted by atomic mass is 16.5. The fourth-order valence-electron chi connectivity index (χ4n) is 3.64. The lowest BCUT2D eigenvalue weighted by atomic mass is 10.0. The molecule has 2 rings (SSSR count). The van der Waals surface area contributed by atoms with Crippen molar-refractivity contribution in [3.05, 3.63) is 59.9 Å². The van der Waals surface area contributed by atoms with Crippen LogP contribution in [-0.2, 0) is 30.3 Å². The second kappa shape index (κ2) is 15.4. The SMILES string of the molecule is COC(=O)C(NC(=O)C(Cc1ccccc1)NC(=O)C(CO)NC(=O)C(NC(=O)c1ccc[nH]1)C(C)O)C(C)O. The van der Waals surface area contributed by atoms with Gasteiger partial charge in [-0.3, -0.25) is 19.2 Å². The molecule has 218 valence electrons. The number of hydrogen-bond acceptors (Lipinski definition) is 9. The van der Waals surface area contributed by atoms with Gasteiger partial charge in [0, 0.05) is 12.6 Å². The molecule has 1 aromatic heterocycles. The van der Waals surface area contributed by atoms with Gasteiger partial charge in [-0.15, -0.1) is 0 Å². The van der Waals surface area contributed by atoms with Gasteiger partial charge < -0.3 is 46.3 Å². The lowest BCUT2D eigenvalue weighted by Crippen LogP contribution is -2.61. The second-order valence-electron chi connectivity index (χ2n) is 9.02. The maximum atomic E-state index is 13.1. The fourth-order valence-corrected chi connectivity index (χ4v) is 3.64. The van der Waals surface area contributed by atoms with Crippen LogP contribution in [0.4, 0.5) is 0 Å². The molecule has 0 saturated carbocycles. The Morgan fingerprint density at radius 2 is 1.40 bits per heavy atom. The molecule has 0 aliphatic rings. The lowest BCUT2D eigenvalue weighted by molar-refractivity contribution is -0.148. The van der Waals surface area contributed by atoms with Crippen LogP contribution >= 0.6 is 0 Å². The van der Waals surface area contributed by atoms with Crippen molar-refractivity contribution < 1.29 is 44.0 Å². The zero-order valence-electron chi connectivity index (χ0n) is 22.3. The van der Waals surface area contributed by atoms with E-state index >= 15 is 0 Å². The monoisotopic (exact) mass is 561 g/mol. The molecule has 0 radical (unpaired) electrons. The summed E-state index contributed by atoms with van der Waals surface area (Å²) in [6, 6.07) is 5.83. The number of aromatic amines is 1. The first-order chi connectivity index (χ1) is 19.0. The largest absolute Gasteiger partial charge is 0.467 e. The van der Waals surface area contributed by atoms with Crippen LogP contribution in [0.2, 0.25) is 0 Å². The number of benzene rings is 1. The zero-order chi connectivity index (χ0) is 29.8. The average molecular weight is 562 g/mol. The van der Waals surface area contributed by atoms with Crippen LogP contribution < -0.4 is 21.3 Å². The number of nitrogens with one attached hydrogen (secondary N) is 5. The van der Waals surface area contributed by atoms with E-state index in [-0.39, 0.29) is 12.1 Å². The van der Waals surface area contributed by atoms with E-state index in [1.807, 2.05) is 0 Å². The molecule has 0 aliphatic heterocycles. The maximum Gasteiger partial charge on any atom is 0.331 e. The van der Waals surface area contributed by atoms with Crippen molar-refractivity contribution in [1.82, 2.24) is 26.3 Å². The molecule has 4 amide bonds. The van der Waals surface area contributed by atoms with E-state index in [1.165, 1.54) is 26.1 Å². The minimum Gasteiger partial charge on any atom is -0.467 e. The van der Waals surface area contributed by atoms with E-state index in [0.717, 1.165) is 7.11 Å². The molecule has 8 N–H and O–H groups in total. The third kappa shape index (κ3) is 9.18. The van der Waals surface area contributed by atoms with Crippen molar-refractivity contribution in [2.45, 2.75) is 56.6 Å². The van der Waals surface area contributed by atoms with E-state index in [9.17, 15) is 39.3 Å². The van der Waals surface area contributed by atoms with E-state index in [2.05, 4.69) is 31.0 Å². The Balaban J connectivity index is 2.19. The van der Waals surface area contributed by atoms with E-state index < -0.39 is 72.6 Å². The summed E-state index contributed by atoms with van der Waals surface area (Å²) in [6.45, 7) is 1.65. The van der Waals surface area contributed by atoms with Gasteiger partial charge >= 0.3 is 5.97 Å². The summed E-state index contributed by atoms with van der Waals surface area (Å²) in [7, 11) is 1.09. The molecule has 0 fully saturated rings. The highest BCUT2D eigenvalue weighted by molar-refractivity contribution is 5.98. The molecular weight excluding hydrogens is 526 g/mol. The molecule has 6 unspecified atom stereocenters. The van der Waals surface area contributed by atoms with Gasteiger partial charge in [-0.2, -0.15) is 0 Å². The minimum atomic E-state index is -1.57. The molecule has 40 heavy (non-hydrogen) atoms. The van der Waals surface area contributed by atoms with Crippen molar-refractivity contribution >= 4 is 29.6 Å². The van der Waals surface area contributed by atoms with Crippen molar-refractivity contribution in [2.75, 3.05) is 13.7 Å². The predicted molar refractivity (Wildman–Crippen MR) is 140 cm³/mol. The maximum absolute atomic E-state index is 13.1. The summed E-state index contributed by atoms with van der Waals surface area (Å²) in [5.74, 6) is -4.35. The molecule has 0 aliphatic carbocycles. The summed E-state index contributed by atoms with van der Waals surface area (Å²) in [5.41, 5.74) is 0.771. The molecule has 1 heterocycles. The number of ether oxygens (including phenoxy) is 1. The number of methoxy groups -OCH3 is 1. The first kappa shape index (κ1) is 31.9.